The van der Waals surface area contributed by atoms with E-state index in [-0.39, 0.29) is 11.9 Å². The van der Waals surface area contributed by atoms with Gasteiger partial charge in [-0.3, -0.25) is 9.30 Å². The SMILES string of the molecule is CN1CCCC1c1nnc2ccc(F)cn12. The molecule has 1 aliphatic rings. The van der Waals surface area contributed by atoms with Crippen molar-refractivity contribution < 1.29 is 4.39 Å². The van der Waals surface area contributed by atoms with Gasteiger partial charge in [0.25, 0.3) is 0 Å². The molecule has 1 unspecified atom stereocenters. The molecule has 84 valence electrons. The fourth-order valence-corrected chi connectivity index (χ4v) is 2.35. The van der Waals surface area contributed by atoms with Crippen molar-refractivity contribution in [2.45, 2.75) is 18.9 Å². The Morgan fingerprint density at radius 3 is 3.00 bits per heavy atom. The number of halogens is 1. The van der Waals surface area contributed by atoms with E-state index >= 15 is 0 Å². The summed E-state index contributed by atoms with van der Waals surface area (Å²) in [7, 11) is 2.07. The Kier molecular flexibility index (Phi) is 2.14. The Morgan fingerprint density at radius 2 is 2.25 bits per heavy atom. The highest BCUT2D eigenvalue weighted by molar-refractivity contribution is 5.38. The van der Waals surface area contributed by atoms with Crippen LogP contribution in [0.5, 0.6) is 0 Å². The second-order valence-electron chi connectivity index (χ2n) is 4.27. The van der Waals surface area contributed by atoms with Gasteiger partial charge in [0.05, 0.1) is 6.04 Å². The van der Waals surface area contributed by atoms with Crippen LogP contribution in [0.4, 0.5) is 4.39 Å². The van der Waals surface area contributed by atoms with Gasteiger partial charge in [0.15, 0.2) is 11.5 Å². The molecule has 1 atom stereocenters. The second-order valence-corrected chi connectivity index (χ2v) is 4.27. The number of aromatic nitrogens is 3. The minimum atomic E-state index is -0.255. The summed E-state index contributed by atoms with van der Waals surface area (Å²) in [6.07, 6.45) is 3.68. The molecule has 1 fully saturated rings. The second kappa shape index (κ2) is 3.52. The molecule has 0 saturated carbocycles. The van der Waals surface area contributed by atoms with E-state index < -0.39 is 0 Å². The number of rotatable bonds is 1. The summed E-state index contributed by atoms with van der Waals surface area (Å²) in [5, 5.41) is 8.23. The molecule has 2 aromatic rings. The fourth-order valence-electron chi connectivity index (χ4n) is 2.35. The normalized spacial score (nSPS) is 22.0. The molecular formula is C11H13FN4. The summed E-state index contributed by atoms with van der Waals surface area (Å²) in [5.41, 5.74) is 0.705. The lowest BCUT2D eigenvalue weighted by molar-refractivity contribution is 0.304. The van der Waals surface area contributed by atoms with Crippen LogP contribution in [0.3, 0.4) is 0 Å². The summed E-state index contributed by atoms with van der Waals surface area (Å²) < 4.78 is 14.9. The van der Waals surface area contributed by atoms with Crippen LogP contribution in [0.1, 0.15) is 24.7 Å². The van der Waals surface area contributed by atoms with E-state index in [4.69, 9.17) is 0 Å². The van der Waals surface area contributed by atoms with Crippen LogP contribution in [0.2, 0.25) is 0 Å². The Balaban J connectivity index is 2.12. The van der Waals surface area contributed by atoms with Gasteiger partial charge in [-0.15, -0.1) is 10.2 Å². The van der Waals surface area contributed by atoms with Crippen molar-refractivity contribution in [1.82, 2.24) is 19.5 Å². The molecule has 1 saturated heterocycles. The van der Waals surface area contributed by atoms with E-state index in [2.05, 4.69) is 22.1 Å². The Labute approximate surface area is 92.7 Å². The Morgan fingerprint density at radius 1 is 1.38 bits per heavy atom. The lowest BCUT2D eigenvalue weighted by atomic mass is 10.2. The first-order valence-corrected chi connectivity index (χ1v) is 5.46. The Hall–Kier alpha value is -1.49. The lowest BCUT2D eigenvalue weighted by Crippen LogP contribution is -2.19. The Bertz CT molecular complexity index is 522. The maximum atomic E-state index is 13.2. The summed E-state index contributed by atoms with van der Waals surface area (Å²) >= 11 is 0. The largest absolute Gasteiger partial charge is 0.296 e. The highest BCUT2D eigenvalue weighted by atomic mass is 19.1. The zero-order valence-electron chi connectivity index (χ0n) is 9.10. The average Bonchev–Trinajstić information content (AvgIpc) is 2.83. The van der Waals surface area contributed by atoms with Gasteiger partial charge in [0, 0.05) is 6.20 Å². The van der Waals surface area contributed by atoms with Gasteiger partial charge in [-0.05, 0) is 38.6 Å². The molecule has 0 aliphatic carbocycles. The molecule has 3 rings (SSSR count). The predicted octanol–water partition coefficient (Wildman–Crippen LogP) is 1.64. The minimum absolute atomic E-state index is 0.255. The maximum Gasteiger partial charge on any atom is 0.160 e. The number of nitrogens with zero attached hydrogens (tertiary/aromatic N) is 4. The standard InChI is InChI=1S/C11H13FN4/c1-15-6-2-3-9(15)11-14-13-10-5-4-8(12)7-16(10)11/h4-5,7,9H,2-3,6H2,1H3. The van der Waals surface area contributed by atoms with Crippen LogP contribution in [-0.2, 0) is 0 Å². The molecule has 5 heteroatoms. The third-order valence-electron chi connectivity index (χ3n) is 3.21. The smallest absolute Gasteiger partial charge is 0.160 e. The van der Waals surface area contributed by atoms with Gasteiger partial charge >= 0.3 is 0 Å². The molecule has 16 heavy (non-hydrogen) atoms. The predicted molar refractivity (Wildman–Crippen MR) is 57.6 cm³/mol. The van der Waals surface area contributed by atoms with Crippen molar-refractivity contribution in [2.75, 3.05) is 13.6 Å². The third-order valence-corrected chi connectivity index (χ3v) is 3.21. The maximum absolute atomic E-state index is 13.2. The number of likely N-dealkylation sites (tertiary alicyclic amines) is 1. The number of hydrogen-bond acceptors (Lipinski definition) is 3. The highest BCUT2D eigenvalue weighted by Crippen LogP contribution is 2.29. The van der Waals surface area contributed by atoms with Gasteiger partial charge in [-0.1, -0.05) is 0 Å². The number of hydrogen-bond donors (Lipinski definition) is 0. The van der Waals surface area contributed by atoms with E-state index in [9.17, 15) is 4.39 Å². The van der Waals surface area contributed by atoms with Crippen LogP contribution < -0.4 is 0 Å². The first-order chi connectivity index (χ1) is 7.75. The first kappa shape index (κ1) is 9.72. The van der Waals surface area contributed by atoms with Gasteiger partial charge < -0.3 is 0 Å². The summed E-state index contributed by atoms with van der Waals surface area (Å²) in [5.74, 6) is 0.587. The monoisotopic (exact) mass is 220 g/mol. The van der Waals surface area contributed by atoms with Crippen molar-refractivity contribution in [3.63, 3.8) is 0 Å². The van der Waals surface area contributed by atoms with Crippen LogP contribution in [0.15, 0.2) is 18.3 Å². The topological polar surface area (TPSA) is 33.4 Å². The molecule has 2 aromatic heterocycles. The molecule has 0 spiro atoms. The van der Waals surface area contributed by atoms with E-state index in [0.29, 0.717) is 5.65 Å². The first-order valence-electron chi connectivity index (χ1n) is 5.46. The van der Waals surface area contributed by atoms with E-state index in [1.165, 1.54) is 12.3 Å². The zero-order valence-corrected chi connectivity index (χ0v) is 9.10. The molecule has 0 aromatic carbocycles. The minimum Gasteiger partial charge on any atom is -0.296 e. The van der Waals surface area contributed by atoms with Gasteiger partial charge in [-0.25, -0.2) is 4.39 Å². The van der Waals surface area contributed by atoms with Crippen LogP contribution >= 0.6 is 0 Å². The molecule has 4 nitrogen and oxygen atoms in total. The lowest BCUT2D eigenvalue weighted by Gasteiger charge is -2.17. The summed E-state index contributed by atoms with van der Waals surface area (Å²) in [6.45, 7) is 1.06. The fraction of sp³-hybridized carbons (Fsp3) is 0.455. The van der Waals surface area contributed by atoms with Crippen LogP contribution in [0, 0.1) is 5.82 Å². The quantitative estimate of drug-likeness (QED) is 0.732. The molecule has 0 radical (unpaired) electrons. The van der Waals surface area contributed by atoms with Crippen LogP contribution in [0.25, 0.3) is 5.65 Å². The summed E-state index contributed by atoms with van der Waals surface area (Å²) in [4.78, 5) is 2.24. The number of pyridine rings is 1. The summed E-state index contributed by atoms with van der Waals surface area (Å²) in [6, 6.07) is 3.32. The molecule has 0 N–H and O–H groups in total. The van der Waals surface area contributed by atoms with Crippen molar-refractivity contribution in [3.05, 3.63) is 30.0 Å². The average molecular weight is 220 g/mol. The number of fused-ring (bicyclic) bond motifs is 1. The van der Waals surface area contributed by atoms with E-state index in [1.54, 1.807) is 10.5 Å². The van der Waals surface area contributed by atoms with Crippen molar-refractivity contribution in [2.24, 2.45) is 0 Å². The zero-order chi connectivity index (χ0) is 11.1. The molecular weight excluding hydrogens is 207 g/mol. The van der Waals surface area contributed by atoms with E-state index in [0.717, 1.165) is 25.2 Å². The van der Waals surface area contributed by atoms with Crippen molar-refractivity contribution >= 4 is 5.65 Å². The van der Waals surface area contributed by atoms with Gasteiger partial charge in [0.1, 0.15) is 5.82 Å². The van der Waals surface area contributed by atoms with Gasteiger partial charge in [0.2, 0.25) is 0 Å². The highest BCUT2D eigenvalue weighted by Gasteiger charge is 2.26. The van der Waals surface area contributed by atoms with Crippen LogP contribution in [-0.4, -0.2) is 33.1 Å². The molecule has 0 amide bonds. The van der Waals surface area contributed by atoms with E-state index in [1.807, 2.05) is 0 Å². The molecule has 3 heterocycles. The molecule has 1 aliphatic heterocycles. The van der Waals surface area contributed by atoms with Crippen molar-refractivity contribution in [3.8, 4) is 0 Å². The van der Waals surface area contributed by atoms with Gasteiger partial charge in [-0.2, -0.15) is 0 Å². The molecule has 0 bridgehead atoms. The van der Waals surface area contributed by atoms with Crippen molar-refractivity contribution in [1.29, 1.82) is 0 Å². The third kappa shape index (κ3) is 1.39.